The molecule has 2 aliphatic rings. The zero-order valence-corrected chi connectivity index (χ0v) is 32.8. The molecule has 0 saturated heterocycles. The molecule has 0 spiro atoms. The molecule has 0 fully saturated rings. The normalized spacial score (nSPS) is 14.2. The van der Waals surface area contributed by atoms with Crippen LogP contribution in [0.4, 0.5) is 17.1 Å². The first kappa shape index (κ1) is 33.6. The second-order valence-corrected chi connectivity index (χ2v) is 16.9. The van der Waals surface area contributed by atoms with E-state index in [0.717, 1.165) is 5.69 Å². The Morgan fingerprint density at radius 2 is 0.912 bits per heavy atom. The molecule has 9 aromatic carbocycles. The molecule has 2 aliphatic carbocycles. The van der Waals surface area contributed by atoms with Crippen LogP contribution in [0.1, 0.15) is 49.9 Å². The number of fused-ring (bicyclic) bond motifs is 9. The van der Waals surface area contributed by atoms with Gasteiger partial charge < -0.3 is 4.90 Å². The van der Waals surface area contributed by atoms with E-state index in [0.29, 0.717) is 0 Å². The molecule has 1 heteroatoms. The molecule has 0 amide bonds. The number of benzene rings is 9. The number of hydrogen-bond acceptors (Lipinski definition) is 1. The minimum atomic E-state index is -0.154. The molecular weight excluding hydrogens is 687 g/mol. The summed E-state index contributed by atoms with van der Waals surface area (Å²) in [6.07, 6.45) is 0. The highest BCUT2D eigenvalue weighted by atomic mass is 15.1. The van der Waals surface area contributed by atoms with Crippen LogP contribution in [0.3, 0.4) is 0 Å². The van der Waals surface area contributed by atoms with Gasteiger partial charge in [-0.25, -0.2) is 0 Å². The van der Waals surface area contributed by atoms with Crippen molar-refractivity contribution in [3.05, 3.63) is 210 Å². The van der Waals surface area contributed by atoms with Crippen molar-refractivity contribution in [1.82, 2.24) is 0 Å². The number of anilines is 3. The van der Waals surface area contributed by atoms with Crippen LogP contribution in [-0.2, 0) is 10.8 Å². The minimum absolute atomic E-state index is 0.106. The summed E-state index contributed by atoms with van der Waals surface area (Å²) in [4.78, 5) is 2.51. The van der Waals surface area contributed by atoms with E-state index >= 15 is 0 Å². The summed E-state index contributed by atoms with van der Waals surface area (Å²) in [5, 5.41) is 5.14. The Morgan fingerprint density at radius 1 is 0.351 bits per heavy atom. The fraction of sp³-hybridized carbons (Fsp3) is 0.107. The highest BCUT2D eigenvalue weighted by molar-refractivity contribution is 6.07. The number of rotatable bonds is 5. The zero-order valence-electron chi connectivity index (χ0n) is 32.8. The smallest absolute Gasteiger partial charge is 0.0543 e. The summed E-state index contributed by atoms with van der Waals surface area (Å²) in [5.41, 5.74) is 19.0. The highest BCUT2D eigenvalue weighted by Gasteiger charge is 2.39. The van der Waals surface area contributed by atoms with Crippen LogP contribution in [0.5, 0.6) is 0 Å². The second kappa shape index (κ2) is 12.4. The molecule has 1 nitrogen and oxygen atoms in total. The maximum absolute atomic E-state index is 2.51. The van der Waals surface area contributed by atoms with Crippen molar-refractivity contribution in [2.45, 2.75) is 38.5 Å². The Labute approximate surface area is 335 Å². The monoisotopic (exact) mass is 729 g/mol. The lowest BCUT2D eigenvalue weighted by Crippen LogP contribution is -2.17. The second-order valence-electron chi connectivity index (χ2n) is 16.9. The lowest BCUT2D eigenvalue weighted by molar-refractivity contribution is 0.660. The van der Waals surface area contributed by atoms with Gasteiger partial charge in [-0.3, -0.25) is 0 Å². The lowest BCUT2D eigenvalue weighted by atomic mass is 9.81. The molecule has 0 N–H and O–H groups in total. The van der Waals surface area contributed by atoms with Crippen molar-refractivity contribution >= 4 is 38.6 Å². The van der Waals surface area contributed by atoms with Crippen molar-refractivity contribution in [1.29, 1.82) is 0 Å². The SMILES string of the molecule is CC1(C)c2ccccc2-c2c(N(c3ccc(-c4cccc5cccc(-c6ccccc6)c45)cc3)c3ccc4c(c3)C(C)(C)c3ccc5ccccc5c3-4)cccc21. The number of hydrogen-bond donors (Lipinski definition) is 0. The Balaban J connectivity index is 1.11. The predicted molar refractivity (Wildman–Crippen MR) is 242 cm³/mol. The van der Waals surface area contributed by atoms with Gasteiger partial charge in [0.1, 0.15) is 0 Å². The van der Waals surface area contributed by atoms with E-state index in [2.05, 4.69) is 221 Å². The van der Waals surface area contributed by atoms with Gasteiger partial charge >= 0.3 is 0 Å². The molecule has 0 atom stereocenters. The number of nitrogens with zero attached hydrogens (tertiary/aromatic N) is 1. The topological polar surface area (TPSA) is 3.24 Å². The summed E-state index contributed by atoms with van der Waals surface area (Å²) in [6.45, 7) is 9.52. The molecule has 57 heavy (non-hydrogen) atoms. The molecule has 0 saturated carbocycles. The van der Waals surface area contributed by atoms with Crippen molar-refractivity contribution in [2.24, 2.45) is 0 Å². The molecule has 11 rings (SSSR count). The van der Waals surface area contributed by atoms with Crippen molar-refractivity contribution in [3.63, 3.8) is 0 Å². The Kier molecular flexibility index (Phi) is 7.32. The van der Waals surface area contributed by atoms with Crippen LogP contribution in [0.2, 0.25) is 0 Å². The molecular formula is C56H43N. The van der Waals surface area contributed by atoms with Gasteiger partial charge in [0.05, 0.1) is 5.69 Å². The van der Waals surface area contributed by atoms with E-state index in [1.165, 1.54) is 99.7 Å². The van der Waals surface area contributed by atoms with Crippen LogP contribution < -0.4 is 4.90 Å². The quantitative estimate of drug-likeness (QED) is 0.170. The van der Waals surface area contributed by atoms with Crippen LogP contribution in [0.15, 0.2) is 188 Å². The van der Waals surface area contributed by atoms with Crippen LogP contribution >= 0.6 is 0 Å². The van der Waals surface area contributed by atoms with Gasteiger partial charge in [-0.1, -0.05) is 185 Å². The Bertz CT molecular complexity index is 3050. The van der Waals surface area contributed by atoms with Crippen LogP contribution in [0, 0.1) is 0 Å². The van der Waals surface area contributed by atoms with Crippen molar-refractivity contribution in [2.75, 3.05) is 4.90 Å². The fourth-order valence-corrected chi connectivity index (χ4v) is 10.2. The Hall–Kier alpha value is -6.70. The summed E-state index contributed by atoms with van der Waals surface area (Å²) in [7, 11) is 0. The van der Waals surface area contributed by atoms with Crippen LogP contribution in [0.25, 0.3) is 66.1 Å². The van der Waals surface area contributed by atoms with Gasteiger partial charge in [-0.15, -0.1) is 0 Å². The maximum atomic E-state index is 2.51. The third-order valence-electron chi connectivity index (χ3n) is 13.1. The third-order valence-corrected chi connectivity index (χ3v) is 13.1. The first-order valence-corrected chi connectivity index (χ1v) is 20.2. The summed E-state index contributed by atoms with van der Waals surface area (Å²) in [5.74, 6) is 0. The molecule has 0 unspecified atom stereocenters. The van der Waals surface area contributed by atoms with Gasteiger partial charge in [0.2, 0.25) is 0 Å². The first-order chi connectivity index (χ1) is 27.8. The average molecular weight is 730 g/mol. The standard InChI is InChI=1S/C56H43N/c1-55(2)47-24-11-10-21-45(47)54-48(55)25-14-26-51(54)57(41-32-33-46-50(35-41)56(3,4)49-34-29-37-17-8-9-20-44(37)53(46)49)40-30-27-38(28-31-40)43-23-13-19-39-18-12-22-42(52(39)43)36-15-6-5-7-16-36/h5-35H,1-4H3. The molecule has 0 aliphatic heterocycles. The van der Waals surface area contributed by atoms with Gasteiger partial charge in [0.25, 0.3) is 0 Å². The van der Waals surface area contributed by atoms with Crippen LogP contribution in [-0.4, -0.2) is 0 Å². The summed E-state index contributed by atoms with van der Waals surface area (Å²) in [6, 6.07) is 70.0. The Morgan fingerprint density at radius 3 is 1.70 bits per heavy atom. The molecule has 9 aromatic rings. The van der Waals surface area contributed by atoms with E-state index in [-0.39, 0.29) is 10.8 Å². The molecule has 0 bridgehead atoms. The van der Waals surface area contributed by atoms with Crippen molar-refractivity contribution < 1.29 is 0 Å². The van der Waals surface area contributed by atoms with E-state index < -0.39 is 0 Å². The van der Waals surface area contributed by atoms with Gasteiger partial charge in [0.15, 0.2) is 0 Å². The minimum Gasteiger partial charge on any atom is -0.310 e. The van der Waals surface area contributed by atoms with E-state index in [1.807, 2.05) is 0 Å². The summed E-state index contributed by atoms with van der Waals surface area (Å²) >= 11 is 0. The van der Waals surface area contributed by atoms with Crippen molar-refractivity contribution in [3.8, 4) is 44.5 Å². The third kappa shape index (κ3) is 4.95. The van der Waals surface area contributed by atoms with E-state index in [4.69, 9.17) is 0 Å². The lowest BCUT2D eigenvalue weighted by Gasteiger charge is -2.30. The van der Waals surface area contributed by atoms with Gasteiger partial charge in [0, 0.05) is 27.8 Å². The molecule has 0 aromatic heterocycles. The van der Waals surface area contributed by atoms with Gasteiger partial charge in [-0.05, 0) is 113 Å². The zero-order chi connectivity index (χ0) is 38.5. The summed E-state index contributed by atoms with van der Waals surface area (Å²) < 4.78 is 0. The van der Waals surface area contributed by atoms with E-state index in [9.17, 15) is 0 Å². The largest absolute Gasteiger partial charge is 0.310 e. The maximum Gasteiger partial charge on any atom is 0.0543 e. The predicted octanol–water partition coefficient (Wildman–Crippen LogP) is 15.4. The molecule has 0 radical (unpaired) electrons. The first-order valence-electron chi connectivity index (χ1n) is 20.2. The highest BCUT2D eigenvalue weighted by Crippen LogP contribution is 2.56. The molecule has 272 valence electrons. The average Bonchev–Trinajstić information content (AvgIpc) is 3.63. The van der Waals surface area contributed by atoms with E-state index in [1.54, 1.807) is 0 Å². The molecule has 0 heterocycles. The van der Waals surface area contributed by atoms with Gasteiger partial charge in [-0.2, -0.15) is 0 Å². The fourth-order valence-electron chi connectivity index (χ4n) is 10.2.